The molecule has 3 rings (SSSR count). The van der Waals surface area contributed by atoms with Gasteiger partial charge in [-0.25, -0.2) is 13.8 Å². The maximum absolute atomic E-state index is 13.9. The van der Waals surface area contributed by atoms with Gasteiger partial charge in [-0.2, -0.15) is 0 Å². The summed E-state index contributed by atoms with van der Waals surface area (Å²) in [5.41, 5.74) is 2.03. The maximum atomic E-state index is 13.9. The van der Waals surface area contributed by atoms with E-state index in [-0.39, 0.29) is 23.0 Å². The predicted molar refractivity (Wildman–Crippen MR) is 84.8 cm³/mol. The number of benzene rings is 2. The van der Waals surface area contributed by atoms with Crippen molar-refractivity contribution in [3.05, 3.63) is 58.9 Å². The van der Waals surface area contributed by atoms with Gasteiger partial charge in [0.15, 0.2) is 11.6 Å². The van der Waals surface area contributed by atoms with E-state index in [1.807, 2.05) is 24.3 Å². The molecule has 1 N–H and O–H groups in total. The van der Waals surface area contributed by atoms with Crippen LogP contribution in [-0.2, 0) is 6.54 Å². The van der Waals surface area contributed by atoms with Crippen LogP contribution in [-0.4, -0.2) is 17.1 Å². The van der Waals surface area contributed by atoms with Crippen molar-refractivity contribution >= 4 is 28.3 Å². The normalized spacial score (nSPS) is 10.8. The molecule has 0 fully saturated rings. The van der Waals surface area contributed by atoms with Gasteiger partial charge in [0.05, 0.1) is 42.3 Å². The minimum atomic E-state index is -1.15. The number of para-hydroxylation sites is 2. The van der Waals surface area contributed by atoms with Gasteiger partial charge in [0.25, 0.3) is 0 Å². The first-order valence-corrected chi connectivity index (χ1v) is 7.14. The van der Waals surface area contributed by atoms with E-state index in [0.717, 1.165) is 11.0 Å². The Bertz CT molecular complexity index is 873. The standard InChI is InChI=1S/C16H12ClF2N3O/c1-23-13-6-12(15(18)16(19)14(13)17)21-8-9-7-20-10-4-2-3-5-11(10)22-9/h2-7,21H,8H2,1H3. The number of ether oxygens (including phenoxy) is 1. The summed E-state index contributed by atoms with van der Waals surface area (Å²) in [7, 11) is 1.33. The third kappa shape index (κ3) is 3.03. The van der Waals surface area contributed by atoms with Crippen LogP contribution in [0.25, 0.3) is 11.0 Å². The van der Waals surface area contributed by atoms with Crippen molar-refractivity contribution in [2.75, 3.05) is 12.4 Å². The number of nitrogens with zero attached hydrogens (tertiary/aromatic N) is 2. The van der Waals surface area contributed by atoms with Crippen LogP contribution in [0.3, 0.4) is 0 Å². The van der Waals surface area contributed by atoms with Gasteiger partial charge in [-0.15, -0.1) is 0 Å². The fourth-order valence-electron chi connectivity index (χ4n) is 2.12. The molecule has 3 aromatic rings. The molecule has 0 aliphatic rings. The topological polar surface area (TPSA) is 47.0 Å². The van der Waals surface area contributed by atoms with Gasteiger partial charge in [0, 0.05) is 6.07 Å². The Balaban J connectivity index is 1.86. The monoisotopic (exact) mass is 335 g/mol. The molecule has 0 bridgehead atoms. The molecule has 0 amide bonds. The Morgan fingerprint density at radius 3 is 2.65 bits per heavy atom. The number of anilines is 1. The van der Waals surface area contributed by atoms with Gasteiger partial charge in [-0.3, -0.25) is 4.98 Å². The summed E-state index contributed by atoms with van der Waals surface area (Å²) >= 11 is 5.66. The Morgan fingerprint density at radius 1 is 1.17 bits per heavy atom. The van der Waals surface area contributed by atoms with E-state index in [1.54, 1.807) is 6.20 Å². The summed E-state index contributed by atoms with van der Waals surface area (Å²) in [6.07, 6.45) is 1.58. The van der Waals surface area contributed by atoms with Crippen molar-refractivity contribution in [1.29, 1.82) is 0 Å². The fourth-order valence-corrected chi connectivity index (χ4v) is 2.34. The first kappa shape index (κ1) is 15.4. The molecule has 0 unspecified atom stereocenters. The molecule has 0 aliphatic carbocycles. The molecule has 0 spiro atoms. The molecule has 7 heteroatoms. The lowest BCUT2D eigenvalue weighted by Gasteiger charge is -2.11. The number of fused-ring (bicyclic) bond motifs is 1. The van der Waals surface area contributed by atoms with Crippen molar-refractivity contribution in [2.45, 2.75) is 6.54 Å². The van der Waals surface area contributed by atoms with Gasteiger partial charge in [-0.05, 0) is 12.1 Å². The third-order valence-corrected chi connectivity index (χ3v) is 3.64. The van der Waals surface area contributed by atoms with Crippen LogP contribution in [0.5, 0.6) is 5.75 Å². The summed E-state index contributed by atoms with van der Waals surface area (Å²) in [4.78, 5) is 8.67. The minimum Gasteiger partial charge on any atom is -0.495 e. The number of methoxy groups -OCH3 is 1. The van der Waals surface area contributed by atoms with Gasteiger partial charge < -0.3 is 10.1 Å². The van der Waals surface area contributed by atoms with Crippen LogP contribution in [0.1, 0.15) is 5.69 Å². The number of nitrogens with one attached hydrogen (secondary N) is 1. The van der Waals surface area contributed by atoms with Crippen molar-refractivity contribution in [1.82, 2.24) is 9.97 Å². The second-order valence-corrected chi connectivity index (χ2v) is 5.15. The zero-order chi connectivity index (χ0) is 16.4. The van der Waals surface area contributed by atoms with E-state index in [0.29, 0.717) is 5.69 Å². The Labute approximate surface area is 136 Å². The van der Waals surface area contributed by atoms with Crippen LogP contribution in [0.15, 0.2) is 36.5 Å². The largest absolute Gasteiger partial charge is 0.495 e. The van der Waals surface area contributed by atoms with E-state index in [4.69, 9.17) is 16.3 Å². The molecule has 0 radical (unpaired) electrons. The Hall–Kier alpha value is -2.47. The highest BCUT2D eigenvalue weighted by atomic mass is 35.5. The smallest absolute Gasteiger partial charge is 0.183 e. The fraction of sp³-hybridized carbons (Fsp3) is 0.125. The molecule has 0 atom stereocenters. The summed E-state index contributed by atoms with van der Waals surface area (Å²) in [5, 5.41) is 2.39. The quantitative estimate of drug-likeness (QED) is 0.726. The van der Waals surface area contributed by atoms with Crippen LogP contribution in [0, 0.1) is 11.6 Å². The molecular weight excluding hydrogens is 324 g/mol. The van der Waals surface area contributed by atoms with Gasteiger partial charge >= 0.3 is 0 Å². The summed E-state index contributed by atoms with van der Waals surface area (Å²) in [6.45, 7) is 0.180. The predicted octanol–water partition coefficient (Wildman–Crippen LogP) is 4.18. The van der Waals surface area contributed by atoms with Crippen LogP contribution >= 0.6 is 11.6 Å². The maximum Gasteiger partial charge on any atom is 0.183 e. The molecule has 0 saturated carbocycles. The van der Waals surface area contributed by atoms with Crippen LogP contribution < -0.4 is 10.1 Å². The highest BCUT2D eigenvalue weighted by molar-refractivity contribution is 6.32. The van der Waals surface area contributed by atoms with Crippen LogP contribution in [0.2, 0.25) is 5.02 Å². The van der Waals surface area contributed by atoms with E-state index in [9.17, 15) is 8.78 Å². The summed E-state index contributed by atoms with van der Waals surface area (Å²) in [5.74, 6) is -2.17. The molecule has 1 heterocycles. The number of aromatic nitrogens is 2. The van der Waals surface area contributed by atoms with Crippen molar-refractivity contribution in [2.24, 2.45) is 0 Å². The lowest BCUT2D eigenvalue weighted by molar-refractivity contribution is 0.407. The van der Waals surface area contributed by atoms with Crippen molar-refractivity contribution < 1.29 is 13.5 Å². The van der Waals surface area contributed by atoms with Crippen molar-refractivity contribution in [3.8, 4) is 5.75 Å². The Morgan fingerprint density at radius 2 is 1.91 bits per heavy atom. The molecule has 2 aromatic carbocycles. The number of rotatable bonds is 4. The van der Waals surface area contributed by atoms with E-state index >= 15 is 0 Å². The summed E-state index contributed by atoms with van der Waals surface area (Å²) < 4.78 is 32.6. The lowest BCUT2D eigenvalue weighted by Crippen LogP contribution is -2.06. The number of hydrogen-bond acceptors (Lipinski definition) is 4. The molecule has 0 aliphatic heterocycles. The highest BCUT2D eigenvalue weighted by Gasteiger charge is 2.17. The SMILES string of the molecule is COc1cc(NCc2cnc3ccccc3n2)c(F)c(F)c1Cl. The minimum absolute atomic E-state index is 0.0534. The van der Waals surface area contributed by atoms with Gasteiger partial charge in [0.2, 0.25) is 0 Å². The molecule has 1 aromatic heterocycles. The summed E-state index contributed by atoms with van der Waals surface area (Å²) in [6, 6.07) is 8.70. The molecule has 23 heavy (non-hydrogen) atoms. The first-order valence-electron chi connectivity index (χ1n) is 6.76. The highest BCUT2D eigenvalue weighted by Crippen LogP contribution is 2.33. The molecule has 0 saturated heterocycles. The average molecular weight is 336 g/mol. The second kappa shape index (κ2) is 6.34. The van der Waals surface area contributed by atoms with Crippen molar-refractivity contribution in [3.63, 3.8) is 0 Å². The van der Waals surface area contributed by atoms with Gasteiger partial charge in [0.1, 0.15) is 10.8 Å². The molecule has 118 valence electrons. The molecular formula is C16H12ClF2N3O. The number of halogens is 3. The van der Waals surface area contributed by atoms with E-state index in [1.165, 1.54) is 13.2 Å². The second-order valence-electron chi connectivity index (χ2n) is 4.77. The number of hydrogen-bond donors (Lipinski definition) is 1. The van der Waals surface area contributed by atoms with Gasteiger partial charge in [-0.1, -0.05) is 23.7 Å². The average Bonchev–Trinajstić information content (AvgIpc) is 2.59. The van der Waals surface area contributed by atoms with Crippen LogP contribution in [0.4, 0.5) is 14.5 Å². The molecule has 4 nitrogen and oxygen atoms in total. The lowest BCUT2D eigenvalue weighted by atomic mass is 10.2. The zero-order valence-electron chi connectivity index (χ0n) is 12.1. The Kier molecular flexibility index (Phi) is 4.25. The zero-order valence-corrected chi connectivity index (χ0v) is 12.9. The third-order valence-electron chi connectivity index (χ3n) is 3.29. The first-order chi connectivity index (χ1) is 11.1. The van der Waals surface area contributed by atoms with E-state index in [2.05, 4.69) is 15.3 Å². The van der Waals surface area contributed by atoms with E-state index < -0.39 is 11.6 Å².